The minimum Gasteiger partial charge on any atom is -0.454 e. The Bertz CT molecular complexity index is 1140. The van der Waals surface area contributed by atoms with Crippen LogP contribution < -0.4 is 4.74 Å². The van der Waals surface area contributed by atoms with Crippen LogP contribution in [0.25, 0.3) is 22.3 Å². The first-order valence-electron chi connectivity index (χ1n) is 8.64. The number of ether oxygens (including phenoxy) is 1. The molecule has 0 bridgehead atoms. The molecule has 0 saturated carbocycles. The zero-order valence-corrected chi connectivity index (χ0v) is 16.1. The molecule has 4 rings (SSSR count). The summed E-state index contributed by atoms with van der Waals surface area (Å²) in [6.07, 6.45) is 3.55. The predicted molar refractivity (Wildman–Crippen MR) is 109 cm³/mol. The summed E-state index contributed by atoms with van der Waals surface area (Å²) in [5.74, 6) is 1.37. The SMILES string of the molecule is Cc1ccc(-c2nc(C)c(C)cc2Oc2ccnc3cc(Cl)ccc23)nc1. The molecule has 0 N–H and O–H groups in total. The van der Waals surface area contributed by atoms with Gasteiger partial charge in [-0.1, -0.05) is 17.7 Å². The number of hydrogen-bond acceptors (Lipinski definition) is 4. The molecule has 3 heterocycles. The maximum absolute atomic E-state index is 6.30. The van der Waals surface area contributed by atoms with Crippen LogP contribution in [-0.4, -0.2) is 15.0 Å². The normalized spacial score (nSPS) is 11.0. The summed E-state index contributed by atoms with van der Waals surface area (Å²) in [7, 11) is 0. The van der Waals surface area contributed by atoms with Crippen molar-refractivity contribution in [3.8, 4) is 22.9 Å². The molecule has 0 saturated heterocycles. The van der Waals surface area contributed by atoms with Gasteiger partial charge in [0.1, 0.15) is 11.4 Å². The second-order valence-electron chi connectivity index (χ2n) is 6.53. The fraction of sp³-hybridized carbons (Fsp3) is 0.136. The number of hydrogen-bond donors (Lipinski definition) is 0. The van der Waals surface area contributed by atoms with E-state index in [2.05, 4.69) is 9.97 Å². The molecule has 0 spiro atoms. The summed E-state index contributed by atoms with van der Waals surface area (Å²) in [5.41, 5.74) is 5.39. The van der Waals surface area contributed by atoms with Gasteiger partial charge in [-0.2, -0.15) is 0 Å². The third-order valence-corrected chi connectivity index (χ3v) is 4.70. The van der Waals surface area contributed by atoms with Gasteiger partial charge in [0.25, 0.3) is 0 Å². The van der Waals surface area contributed by atoms with Crippen LogP contribution in [0.5, 0.6) is 11.5 Å². The van der Waals surface area contributed by atoms with E-state index in [4.69, 9.17) is 21.3 Å². The molecule has 0 atom stereocenters. The van der Waals surface area contributed by atoms with Gasteiger partial charge in [-0.25, -0.2) is 4.98 Å². The number of rotatable bonds is 3. The second kappa shape index (κ2) is 6.97. The van der Waals surface area contributed by atoms with E-state index >= 15 is 0 Å². The molecule has 0 amide bonds. The van der Waals surface area contributed by atoms with Crippen molar-refractivity contribution in [1.82, 2.24) is 15.0 Å². The zero-order valence-electron chi connectivity index (χ0n) is 15.3. The fourth-order valence-corrected chi connectivity index (χ4v) is 3.02. The standard InChI is InChI=1S/C22H18ClN3O/c1-13-4-7-18(25-12-13)22-21(10-14(2)15(3)26-22)27-20-8-9-24-19-11-16(23)5-6-17(19)20/h4-12H,1-3H3. The molecule has 0 fully saturated rings. The summed E-state index contributed by atoms with van der Waals surface area (Å²) in [5, 5.41) is 1.53. The number of halogens is 1. The molecule has 0 aliphatic rings. The first-order chi connectivity index (χ1) is 13.0. The van der Waals surface area contributed by atoms with Crippen molar-refractivity contribution in [2.45, 2.75) is 20.8 Å². The monoisotopic (exact) mass is 375 g/mol. The van der Waals surface area contributed by atoms with Gasteiger partial charge in [0.05, 0.1) is 11.2 Å². The number of pyridine rings is 3. The lowest BCUT2D eigenvalue weighted by molar-refractivity contribution is 0.486. The van der Waals surface area contributed by atoms with Crippen molar-refractivity contribution in [1.29, 1.82) is 0 Å². The number of fused-ring (bicyclic) bond motifs is 1. The highest BCUT2D eigenvalue weighted by Crippen LogP contribution is 2.35. The molecule has 3 aromatic heterocycles. The first kappa shape index (κ1) is 17.4. The van der Waals surface area contributed by atoms with E-state index in [0.29, 0.717) is 16.5 Å². The van der Waals surface area contributed by atoms with E-state index in [1.807, 2.05) is 69.4 Å². The van der Waals surface area contributed by atoms with E-state index in [9.17, 15) is 0 Å². The van der Waals surface area contributed by atoms with Gasteiger partial charge >= 0.3 is 0 Å². The van der Waals surface area contributed by atoms with E-state index in [1.165, 1.54) is 0 Å². The molecule has 4 nitrogen and oxygen atoms in total. The Balaban J connectivity index is 1.85. The van der Waals surface area contributed by atoms with Gasteiger partial charge in [-0.05, 0) is 68.3 Å². The maximum Gasteiger partial charge on any atom is 0.155 e. The van der Waals surface area contributed by atoms with E-state index < -0.39 is 0 Å². The van der Waals surface area contributed by atoms with E-state index in [0.717, 1.165) is 39.1 Å². The highest BCUT2D eigenvalue weighted by molar-refractivity contribution is 6.31. The molecule has 0 aliphatic heterocycles. The van der Waals surface area contributed by atoms with Crippen LogP contribution in [0.2, 0.25) is 5.02 Å². The molecular formula is C22H18ClN3O. The van der Waals surface area contributed by atoms with Gasteiger partial charge in [-0.3, -0.25) is 9.97 Å². The molecule has 4 aromatic rings. The van der Waals surface area contributed by atoms with Crippen molar-refractivity contribution in [2.24, 2.45) is 0 Å². The van der Waals surface area contributed by atoms with Crippen LogP contribution in [0.1, 0.15) is 16.8 Å². The first-order valence-corrected chi connectivity index (χ1v) is 9.02. The van der Waals surface area contributed by atoms with Crippen LogP contribution >= 0.6 is 11.6 Å². The lowest BCUT2D eigenvalue weighted by atomic mass is 10.1. The highest BCUT2D eigenvalue weighted by Gasteiger charge is 2.14. The maximum atomic E-state index is 6.30. The Morgan fingerprint density at radius 2 is 1.74 bits per heavy atom. The third-order valence-electron chi connectivity index (χ3n) is 4.47. The Morgan fingerprint density at radius 1 is 0.889 bits per heavy atom. The third kappa shape index (κ3) is 3.49. The van der Waals surface area contributed by atoms with Crippen LogP contribution in [0.3, 0.4) is 0 Å². The summed E-state index contributed by atoms with van der Waals surface area (Å²) < 4.78 is 6.30. The van der Waals surface area contributed by atoms with Crippen LogP contribution in [0, 0.1) is 20.8 Å². The molecule has 0 radical (unpaired) electrons. The van der Waals surface area contributed by atoms with E-state index in [-0.39, 0.29) is 0 Å². The predicted octanol–water partition coefficient (Wildman–Crippen LogP) is 6.06. The minimum absolute atomic E-state index is 0.643. The van der Waals surface area contributed by atoms with Crippen LogP contribution in [0.4, 0.5) is 0 Å². The summed E-state index contributed by atoms with van der Waals surface area (Å²) in [4.78, 5) is 13.6. The molecule has 27 heavy (non-hydrogen) atoms. The van der Waals surface area contributed by atoms with E-state index in [1.54, 1.807) is 6.20 Å². The summed E-state index contributed by atoms with van der Waals surface area (Å²) in [6, 6.07) is 13.4. The number of aromatic nitrogens is 3. The van der Waals surface area contributed by atoms with Crippen molar-refractivity contribution in [3.05, 3.63) is 76.7 Å². The van der Waals surface area contributed by atoms with Crippen molar-refractivity contribution in [3.63, 3.8) is 0 Å². The Labute approximate surface area is 162 Å². The van der Waals surface area contributed by atoms with Gasteiger partial charge in [0.15, 0.2) is 5.75 Å². The quantitative estimate of drug-likeness (QED) is 0.436. The Morgan fingerprint density at radius 3 is 2.52 bits per heavy atom. The average molecular weight is 376 g/mol. The largest absolute Gasteiger partial charge is 0.454 e. The molecule has 0 unspecified atom stereocenters. The summed E-state index contributed by atoms with van der Waals surface area (Å²) >= 11 is 6.09. The van der Waals surface area contributed by atoms with Crippen LogP contribution in [-0.2, 0) is 0 Å². The molecule has 1 aromatic carbocycles. The zero-order chi connectivity index (χ0) is 19.0. The lowest BCUT2D eigenvalue weighted by Crippen LogP contribution is -1.98. The molecule has 5 heteroatoms. The van der Waals surface area contributed by atoms with Crippen molar-refractivity contribution >= 4 is 22.5 Å². The number of nitrogens with zero attached hydrogens (tertiary/aromatic N) is 3. The van der Waals surface area contributed by atoms with Crippen molar-refractivity contribution < 1.29 is 4.74 Å². The fourth-order valence-electron chi connectivity index (χ4n) is 2.85. The highest BCUT2D eigenvalue weighted by atomic mass is 35.5. The number of aryl methyl sites for hydroxylation is 3. The van der Waals surface area contributed by atoms with Gasteiger partial charge in [0.2, 0.25) is 0 Å². The molecule has 134 valence electrons. The van der Waals surface area contributed by atoms with Crippen LogP contribution in [0.15, 0.2) is 54.9 Å². The minimum atomic E-state index is 0.643. The van der Waals surface area contributed by atoms with Gasteiger partial charge < -0.3 is 4.74 Å². The lowest BCUT2D eigenvalue weighted by Gasteiger charge is -2.14. The smallest absolute Gasteiger partial charge is 0.155 e. The summed E-state index contributed by atoms with van der Waals surface area (Å²) in [6.45, 7) is 6.02. The van der Waals surface area contributed by atoms with Crippen molar-refractivity contribution in [2.75, 3.05) is 0 Å². The van der Waals surface area contributed by atoms with Gasteiger partial charge in [0, 0.05) is 28.5 Å². The Kier molecular flexibility index (Phi) is 4.50. The second-order valence-corrected chi connectivity index (χ2v) is 6.97. The number of benzene rings is 1. The Hall–Kier alpha value is -2.98. The van der Waals surface area contributed by atoms with Gasteiger partial charge in [-0.15, -0.1) is 0 Å². The topological polar surface area (TPSA) is 47.9 Å². The average Bonchev–Trinajstić information content (AvgIpc) is 2.65. The molecular weight excluding hydrogens is 358 g/mol. The molecule has 0 aliphatic carbocycles.